The SMILES string of the molecule is COc1ccc([C@@H]2[C@H](C(=O)N[C@@H]3CCC[C@@H](C)[C@@H]3C)CCC(=O)N2c2cc(OC)c(OC)c(OC)c2)cc1. The molecule has 1 saturated carbocycles. The van der Waals surface area contributed by atoms with E-state index >= 15 is 0 Å². The van der Waals surface area contributed by atoms with Crippen LogP contribution in [-0.4, -0.2) is 46.3 Å². The summed E-state index contributed by atoms with van der Waals surface area (Å²) in [6.07, 6.45) is 4.01. The van der Waals surface area contributed by atoms with Gasteiger partial charge in [0.15, 0.2) is 11.5 Å². The zero-order chi connectivity index (χ0) is 27.4. The number of hydrogen-bond donors (Lipinski definition) is 1. The Morgan fingerprint density at radius 1 is 0.895 bits per heavy atom. The summed E-state index contributed by atoms with van der Waals surface area (Å²) in [5, 5.41) is 3.37. The molecule has 38 heavy (non-hydrogen) atoms. The molecule has 2 aromatic carbocycles. The molecule has 8 nitrogen and oxygen atoms in total. The van der Waals surface area contributed by atoms with Gasteiger partial charge in [0.2, 0.25) is 17.6 Å². The zero-order valence-corrected chi connectivity index (χ0v) is 23.3. The van der Waals surface area contributed by atoms with Gasteiger partial charge in [-0.25, -0.2) is 0 Å². The van der Waals surface area contributed by atoms with Gasteiger partial charge in [-0.3, -0.25) is 9.59 Å². The predicted molar refractivity (Wildman–Crippen MR) is 146 cm³/mol. The van der Waals surface area contributed by atoms with Crippen molar-refractivity contribution in [2.45, 2.75) is 58.0 Å². The normalized spacial score (nSPS) is 25.5. The first kappa shape index (κ1) is 27.6. The molecule has 2 fully saturated rings. The van der Waals surface area contributed by atoms with Crippen LogP contribution in [0.5, 0.6) is 23.0 Å². The molecule has 206 valence electrons. The highest BCUT2D eigenvalue weighted by Gasteiger charge is 2.43. The van der Waals surface area contributed by atoms with E-state index < -0.39 is 12.0 Å². The number of benzene rings is 2. The maximum absolute atomic E-state index is 13.9. The molecule has 1 saturated heterocycles. The smallest absolute Gasteiger partial charge is 0.227 e. The van der Waals surface area contributed by atoms with Crippen molar-refractivity contribution in [3.63, 3.8) is 0 Å². The van der Waals surface area contributed by atoms with Crippen molar-refractivity contribution >= 4 is 17.5 Å². The first-order valence-corrected chi connectivity index (χ1v) is 13.4. The van der Waals surface area contributed by atoms with E-state index in [0.29, 0.717) is 46.9 Å². The molecule has 5 atom stereocenters. The van der Waals surface area contributed by atoms with Gasteiger partial charge in [-0.15, -0.1) is 0 Å². The lowest BCUT2D eigenvalue weighted by atomic mass is 9.77. The maximum atomic E-state index is 13.9. The third kappa shape index (κ3) is 5.40. The molecule has 0 radical (unpaired) electrons. The standard InChI is InChI=1S/C30H40N2O6/c1-18-8-7-9-24(19(18)2)31-30(34)23-14-15-27(33)32(28(23)20-10-12-22(35-3)13-11-20)21-16-25(36-4)29(38-6)26(17-21)37-5/h10-13,16-19,23-24,28H,7-9,14-15H2,1-6H3,(H,31,34)/t18-,19+,23-,24-,28-/m1/s1. The molecule has 4 rings (SSSR count). The lowest BCUT2D eigenvalue weighted by Crippen LogP contribution is -2.52. The summed E-state index contributed by atoms with van der Waals surface area (Å²) in [5.74, 6) is 2.51. The Kier molecular flexibility index (Phi) is 8.69. The van der Waals surface area contributed by atoms with Gasteiger partial charge in [0, 0.05) is 24.6 Å². The highest BCUT2D eigenvalue weighted by atomic mass is 16.5. The molecule has 1 N–H and O–H groups in total. The number of amides is 2. The number of rotatable bonds is 8. The second kappa shape index (κ2) is 12.0. The van der Waals surface area contributed by atoms with E-state index in [1.165, 1.54) is 6.42 Å². The van der Waals surface area contributed by atoms with Crippen LogP contribution in [0.4, 0.5) is 5.69 Å². The summed E-state index contributed by atoms with van der Waals surface area (Å²) in [6, 6.07) is 10.7. The molecular weight excluding hydrogens is 484 g/mol. The van der Waals surface area contributed by atoms with Crippen LogP contribution in [-0.2, 0) is 9.59 Å². The zero-order valence-electron chi connectivity index (χ0n) is 23.3. The first-order valence-electron chi connectivity index (χ1n) is 13.4. The molecule has 8 heteroatoms. The van der Waals surface area contributed by atoms with Crippen molar-refractivity contribution in [2.24, 2.45) is 17.8 Å². The van der Waals surface area contributed by atoms with Gasteiger partial charge in [0.05, 0.1) is 46.1 Å². The fraction of sp³-hybridized carbons (Fsp3) is 0.533. The number of nitrogens with zero attached hydrogens (tertiary/aromatic N) is 1. The van der Waals surface area contributed by atoms with Gasteiger partial charge in [-0.05, 0) is 42.4 Å². The van der Waals surface area contributed by atoms with Crippen LogP contribution in [0.2, 0.25) is 0 Å². The number of hydrogen-bond acceptors (Lipinski definition) is 6. The number of piperidine rings is 1. The van der Waals surface area contributed by atoms with Gasteiger partial charge >= 0.3 is 0 Å². The fourth-order valence-corrected chi connectivity index (χ4v) is 5.94. The summed E-state index contributed by atoms with van der Waals surface area (Å²) in [4.78, 5) is 29.2. The van der Waals surface area contributed by atoms with Gasteiger partial charge in [-0.2, -0.15) is 0 Å². The Bertz CT molecular complexity index is 1110. The number of methoxy groups -OCH3 is 4. The van der Waals surface area contributed by atoms with E-state index in [9.17, 15) is 9.59 Å². The van der Waals surface area contributed by atoms with Gasteiger partial charge in [0.1, 0.15) is 5.75 Å². The Labute approximate surface area is 225 Å². The van der Waals surface area contributed by atoms with E-state index in [2.05, 4.69) is 19.2 Å². The minimum atomic E-state index is -0.513. The third-order valence-corrected chi connectivity index (χ3v) is 8.35. The summed E-state index contributed by atoms with van der Waals surface area (Å²) >= 11 is 0. The molecule has 0 aromatic heterocycles. The van der Waals surface area contributed by atoms with E-state index in [1.807, 2.05) is 24.3 Å². The lowest BCUT2D eigenvalue weighted by Gasteiger charge is -2.42. The summed E-state index contributed by atoms with van der Waals surface area (Å²) in [7, 11) is 6.24. The molecule has 0 spiro atoms. The number of carbonyl (C=O) groups excluding carboxylic acids is 2. The summed E-state index contributed by atoms with van der Waals surface area (Å²) in [6.45, 7) is 4.48. The molecule has 1 heterocycles. The summed E-state index contributed by atoms with van der Waals surface area (Å²) < 4.78 is 22.0. The topological polar surface area (TPSA) is 86.3 Å². The number of carbonyl (C=O) groups is 2. The van der Waals surface area contributed by atoms with Crippen LogP contribution in [0.15, 0.2) is 36.4 Å². The van der Waals surface area contributed by atoms with Gasteiger partial charge in [0.25, 0.3) is 0 Å². The van der Waals surface area contributed by atoms with Crippen LogP contribution in [0.3, 0.4) is 0 Å². The monoisotopic (exact) mass is 524 g/mol. The van der Waals surface area contributed by atoms with Crippen molar-refractivity contribution in [3.8, 4) is 23.0 Å². The number of anilines is 1. The van der Waals surface area contributed by atoms with Crippen molar-refractivity contribution in [2.75, 3.05) is 33.3 Å². The average molecular weight is 525 g/mol. The Morgan fingerprint density at radius 2 is 1.55 bits per heavy atom. The Morgan fingerprint density at radius 3 is 2.13 bits per heavy atom. The van der Waals surface area contributed by atoms with Gasteiger partial charge in [-0.1, -0.05) is 38.8 Å². The maximum Gasteiger partial charge on any atom is 0.227 e. The van der Waals surface area contributed by atoms with Crippen LogP contribution in [0, 0.1) is 17.8 Å². The van der Waals surface area contributed by atoms with Crippen LogP contribution in [0.25, 0.3) is 0 Å². The molecule has 2 aliphatic rings. The van der Waals surface area contributed by atoms with Crippen LogP contribution >= 0.6 is 0 Å². The molecule has 0 unspecified atom stereocenters. The first-order chi connectivity index (χ1) is 18.3. The second-order valence-corrected chi connectivity index (χ2v) is 10.4. The number of nitrogens with one attached hydrogen (secondary N) is 1. The predicted octanol–water partition coefficient (Wildman–Crippen LogP) is 5.15. The molecule has 2 amide bonds. The van der Waals surface area contributed by atoms with Gasteiger partial charge < -0.3 is 29.2 Å². The number of ether oxygens (including phenoxy) is 4. The summed E-state index contributed by atoms with van der Waals surface area (Å²) in [5.41, 5.74) is 1.44. The highest BCUT2D eigenvalue weighted by Crippen LogP contribution is 2.46. The molecule has 1 aliphatic carbocycles. The van der Waals surface area contributed by atoms with Crippen molar-refractivity contribution in [1.29, 1.82) is 0 Å². The van der Waals surface area contributed by atoms with Crippen molar-refractivity contribution in [3.05, 3.63) is 42.0 Å². The van der Waals surface area contributed by atoms with Crippen LogP contribution < -0.4 is 29.2 Å². The van der Waals surface area contributed by atoms with E-state index in [0.717, 1.165) is 18.4 Å². The van der Waals surface area contributed by atoms with E-state index in [1.54, 1.807) is 45.5 Å². The quantitative estimate of drug-likeness (QED) is 0.514. The van der Waals surface area contributed by atoms with E-state index in [-0.39, 0.29) is 24.3 Å². The third-order valence-electron chi connectivity index (χ3n) is 8.35. The van der Waals surface area contributed by atoms with E-state index in [4.69, 9.17) is 18.9 Å². The fourth-order valence-electron chi connectivity index (χ4n) is 5.94. The molecule has 1 aliphatic heterocycles. The second-order valence-electron chi connectivity index (χ2n) is 10.4. The molecule has 0 bridgehead atoms. The minimum absolute atomic E-state index is 0.0123. The minimum Gasteiger partial charge on any atom is -0.497 e. The van der Waals surface area contributed by atoms with Crippen LogP contribution in [0.1, 0.15) is 57.6 Å². The van der Waals surface area contributed by atoms with Crippen molar-refractivity contribution < 1.29 is 28.5 Å². The van der Waals surface area contributed by atoms with Crippen molar-refractivity contribution in [1.82, 2.24) is 5.32 Å². The molecular formula is C30H40N2O6. The average Bonchev–Trinajstić information content (AvgIpc) is 2.94. The highest BCUT2D eigenvalue weighted by molar-refractivity contribution is 5.98. The lowest BCUT2D eigenvalue weighted by molar-refractivity contribution is -0.130. The largest absolute Gasteiger partial charge is 0.497 e. The molecule has 2 aromatic rings. The Hall–Kier alpha value is -3.42. The Balaban J connectivity index is 1.77.